The highest BCUT2D eigenvalue weighted by Crippen LogP contribution is 2.42. The molecule has 0 spiro atoms. The van der Waals surface area contributed by atoms with Crippen molar-refractivity contribution in [3.8, 4) is 0 Å². The summed E-state index contributed by atoms with van der Waals surface area (Å²) < 4.78 is 0. The molecule has 0 amide bonds. The van der Waals surface area contributed by atoms with E-state index >= 15 is 0 Å². The third-order valence-electron chi connectivity index (χ3n) is 3.54. The fraction of sp³-hybridized carbons (Fsp3) is 0.200. The zero-order valence-corrected chi connectivity index (χ0v) is 11.2. The van der Waals surface area contributed by atoms with Crippen molar-refractivity contribution in [2.24, 2.45) is 0 Å². The molecule has 2 aromatic carbocycles. The largest absolute Gasteiger partial charge is 0.384 e. The number of aliphatic hydroxyl groups is 1. The molecule has 0 aromatic heterocycles. The Morgan fingerprint density at radius 3 is 2.11 bits per heavy atom. The molecule has 0 radical (unpaired) electrons. The lowest BCUT2D eigenvalue weighted by atomic mass is 9.91. The molecule has 0 atom stereocenters. The average molecular weight is 279 g/mol. The Kier molecular flexibility index (Phi) is 2.86. The summed E-state index contributed by atoms with van der Waals surface area (Å²) in [5, 5.41) is 11.8. The van der Waals surface area contributed by atoms with Gasteiger partial charge in [-0.1, -0.05) is 59.6 Å². The molecule has 1 aliphatic carbocycles. The van der Waals surface area contributed by atoms with Crippen LogP contribution in [0.3, 0.4) is 0 Å². The molecule has 92 valence electrons. The van der Waals surface area contributed by atoms with E-state index in [4.69, 9.17) is 23.2 Å². The minimum absolute atomic E-state index is 0.453. The minimum Gasteiger partial charge on any atom is -0.384 e. The summed E-state index contributed by atoms with van der Waals surface area (Å²) >= 11 is 12.2. The lowest BCUT2D eigenvalue weighted by Gasteiger charge is -2.24. The molecule has 1 nitrogen and oxygen atoms in total. The summed E-state index contributed by atoms with van der Waals surface area (Å²) in [6.07, 6.45) is 1.17. The smallest absolute Gasteiger partial charge is 0.0991 e. The monoisotopic (exact) mass is 278 g/mol. The quantitative estimate of drug-likeness (QED) is 0.837. The molecule has 0 unspecified atom stereocenters. The van der Waals surface area contributed by atoms with E-state index in [0.717, 1.165) is 0 Å². The Morgan fingerprint density at radius 2 is 1.50 bits per heavy atom. The summed E-state index contributed by atoms with van der Waals surface area (Å²) in [5.74, 6) is 0. The van der Waals surface area contributed by atoms with Crippen LogP contribution in [0.25, 0.3) is 0 Å². The van der Waals surface area contributed by atoms with Crippen LogP contribution in [0, 0.1) is 0 Å². The second-order valence-electron chi connectivity index (χ2n) is 4.76. The Bertz CT molecular complexity index is 582. The number of benzene rings is 2. The second-order valence-corrected chi connectivity index (χ2v) is 5.54. The predicted molar refractivity (Wildman–Crippen MR) is 74.2 cm³/mol. The first-order valence-corrected chi connectivity index (χ1v) is 6.59. The number of hydrogen-bond donors (Lipinski definition) is 1. The van der Waals surface area contributed by atoms with Gasteiger partial charge in [0.05, 0.1) is 15.6 Å². The van der Waals surface area contributed by atoms with Gasteiger partial charge in [0.25, 0.3) is 0 Å². The van der Waals surface area contributed by atoms with Gasteiger partial charge in [-0.15, -0.1) is 0 Å². The average Bonchev–Trinajstić information content (AvgIpc) is 2.69. The fourth-order valence-corrected chi connectivity index (χ4v) is 3.13. The SMILES string of the molecule is OC1(c2cccc(Cl)c2Cl)Cc2ccccc2C1. The van der Waals surface area contributed by atoms with Gasteiger partial charge in [-0.3, -0.25) is 0 Å². The Morgan fingerprint density at radius 1 is 0.889 bits per heavy atom. The van der Waals surface area contributed by atoms with Crippen LogP contribution >= 0.6 is 23.2 Å². The molecule has 0 fully saturated rings. The molecular formula is C15H12Cl2O. The maximum atomic E-state index is 10.8. The van der Waals surface area contributed by atoms with Crippen molar-refractivity contribution in [3.63, 3.8) is 0 Å². The van der Waals surface area contributed by atoms with Gasteiger partial charge in [0.2, 0.25) is 0 Å². The van der Waals surface area contributed by atoms with Gasteiger partial charge in [-0.2, -0.15) is 0 Å². The minimum atomic E-state index is -0.939. The van der Waals surface area contributed by atoms with Crippen molar-refractivity contribution in [1.82, 2.24) is 0 Å². The molecule has 2 aromatic rings. The Hall–Kier alpha value is -1.02. The maximum absolute atomic E-state index is 10.8. The van der Waals surface area contributed by atoms with Crippen molar-refractivity contribution >= 4 is 23.2 Å². The molecule has 0 aliphatic heterocycles. The molecule has 0 bridgehead atoms. The normalized spacial score (nSPS) is 16.6. The van der Waals surface area contributed by atoms with E-state index in [1.807, 2.05) is 36.4 Å². The van der Waals surface area contributed by atoms with Gasteiger partial charge in [0, 0.05) is 18.4 Å². The Labute approximate surface area is 116 Å². The van der Waals surface area contributed by atoms with E-state index < -0.39 is 5.60 Å². The lowest BCUT2D eigenvalue weighted by Crippen LogP contribution is -2.26. The van der Waals surface area contributed by atoms with E-state index in [2.05, 4.69) is 0 Å². The van der Waals surface area contributed by atoms with Gasteiger partial charge in [0.1, 0.15) is 0 Å². The summed E-state index contributed by atoms with van der Waals surface area (Å²) in [4.78, 5) is 0. The first-order chi connectivity index (χ1) is 8.60. The molecule has 1 N–H and O–H groups in total. The van der Waals surface area contributed by atoms with Gasteiger partial charge in [0.15, 0.2) is 0 Å². The molecule has 1 aliphatic rings. The highest BCUT2D eigenvalue weighted by atomic mass is 35.5. The molecule has 0 saturated heterocycles. The molecular weight excluding hydrogens is 267 g/mol. The summed E-state index contributed by atoms with van der Waals surface area (Å²) in [7, 11) is 0. The zero-order chi connectivity index (χ0) is 12.8. The van der Waals surface area contributed by atoms with Crippen LogP contribution in [0.15, 0.2) is 42.5 Å². The number of halogens is 2. The van der Waals surface area contributed by atoms with Crippen molar-refractivity contribution < 1.29 is 5.11 Å². The molecule has 0 saturated carbocycles. The number of fused-ring (bicyclic) bond motifs is 1. The lowest BCUT2D eigenvalue weighted by molar-refractivity contribution is 0.0483. The van der Waals surface area contributed by atoms with Crippen molar-refractivity contribution in [2.75, 3.05) is 0 Å². The predicted octanol–water partition coefficient (Wildman–Crippen LogP) is 3.98. The summed E-state index contributed by atoms with van der Waals surface area (Å²) in [5.41, 5.74) is 2.13. The third-order valence-corrected chi connectivity index (χ3v) is 4.36. The van der Waals surface area contributed by atoms with Crippen molar-refractivity contribution in [3.05, 3.63) is 69.2 Å². The van der Waals surface area contributed by atoms with Gasteiger partial charge >= 0.3 is 0 Å². The standard InChI is InChI=1S/C15H12Cl2O/c16-13-7-3-6-12(14(13)17)15(18)8-10-4-1-2-5-11(10)9-15/h1-7,18H,8-9H2. The third kappa shape index (κ3) is 1.83. The zero-order valence-electron chi connectivity index (χ0n) is 9.66. The van der Waals surface area contributed by atoms with Gasteiger partial charge < -0.3 is 5.11 Å². The van der Waals surface area contributed by atoms with Crippen LogP contribution in [0.1, 0.15) is 16.7 Å². The number of hydrogen-bond acceptors (Lipinski definition) is 1. The van der Waals surface area contributed by atoms with Crippen molar-refractivity contribution in [1.29, 1.82) is 0 Å². The van der Waals surface area contributed by atoms with E-state index in [1.54, 1.807) is 6.07 Å². The first kappa shape index (κ1) is 12.0. The van der Waals surface area contributed by atoms with Crippen LogP contribution in [-0.4, -0.2) is 5.11 Å². The van der Waals surface area contributed by atoms with Gasteiger partial charge in [-0.25, -0.2) is 0 Å². The van der Waals surface area contributed by atoms with E-state index in [9.17, 15) is 5.11 Å². The molecule has 3 heteroatoms. The van der Waals surface area contributed by atoms with E-state index in [1.165, 1.54) is 11.1 Å². The van der Waals surface area contributed by atoms with Crippen molar-refractivity contribution in [2.45, 2.75) is 18.4 Å². The molecule has 0 heterocycles. The van der Waals surface area contributed by atoms with Gasteiger partial charge in [-0.05, 0) is 17.2 Å². The fourth-order valence-electron chi connectivity index (χ4n) is 2.65. The molecule has 3 rings (SSSR count). The van der Waals surface area contributed by atoms with Crippen LogP contribution in [0.2, 0.25) is 10.0 Å². The maximum Gasteiger partial charge on any atom is 0.0991 e. The molecule has 18 heavy (non-hydrogen) atoms. The highest BCUT2D eigenvalue weighted by Gasteiger charge is 2.38. The number of rotatable bonds is 1. The van der Waals surface area contributed by atoms with Crippen LogP contribution in [0.5, 0.6) is 0 Å². The Balaban J connectivity index is 2.07. The topological polar surface area (TPSA) is 20.2 Å². The van der Waals surface area contributed by atoms with E-state index in [0.29, 0.717) is 28.5 Å². The van der Waals surface area contributed by atoms with Crippen LogP contribution in [-0.2, 0) is 18.4 Å². The highest BCUT2D eigenvalue weighted by molar-refractivity contribution is 6.42. The summed E-state index contributed by atoms with van der Waals surface area (Å²) in [6.45, 7) is 0. The summed E-state index contributed by atoms with van der Waals surface area (Å²) in [6, 6.07) is 13.5. The van der Waals surface area contributed by atoms with E-state index in [-0.39, 0.29) is 0 Å². The second kappa shape index (κ2) is 4.27. The first-order valence-electron chi connectivity index (χ1n) is 5.84. The van der Waals surface area contributed by atoms with Crippen LogP contribution < -0.4 is 0 Å². The van der Waals surface area contributed by atoms with Crippen LogP contribution in [0.4, 0.5) is 0 Å².